The molecule has 0 saturated carbocycles. The summed E-state index contributed by atoms with van der Waals surface area (Å²) in [6.45, 7) is 12.1. The predicted molar refractivity (Wildman–Crippen MR) is 79.4 cm³/mol. The number of aromatic nitrogens is 1. The van der Waals surface area contributed by atoms with E-state index in [1.165, 1.54) is 0 Å². The number of anilines is 1. The molecule has 1 rings (SSSR count). The molecule has 1 heterocycles. The van der Waals surface area contributed by atoms with E-state index in [1.54, 1.807) is 11.3 Å². The Labute approximate surface area is 115 Å². The van der Waals surface area contributed by atoms with Gasteiger partial charge in [-0.2, -0.15) is 0 Å². The number of aryl methyl sites for hydroxylation is 1. The number of hydrogen-bond donors (Lipinski definition) is 1. The Bertz CT molecular complexity index is 361. The Morgan fingerprint density at radius 3 is 2.39 bits per heavy atom. The summed E-state index contributed by atoms with van der Waals surface area (Å²) in [6, 6.07) is 0.444. The fourth-order valence-corrected chi connectivity index (χ4v) is 3.06. The molecule has 0 saturated heterocycles. The lowest BCUT2D eigenvalue weighted by atomic mass is 10.2. The van der Waals surface area contributed by atoms with E-state index in [9.17, 15) is 5.11 Å². The predicted octanol–water partition coefficient (Wildman–Crippen LogP) is 3.46. The molecule has 0 aromatic carbocycles. The van der Waals surface area contributed by atoms with E-state index in [4.69, 9.17) is 4.98 Å². The summed E-state index contributed by atoms with van der Waals surface area (Å²) < 4.78 is 0. The van der Waals surface area contributed by atoms with E-state index < -0.39 is 0 Å². The quantitative estimate of drug-likeness (QED) is 0.824. The van der Waals surface area contributed by atoms with Gasteiger partial charge in [0.1, 0.15) is 0 Å². The third-order valence-electron chi connectivity index (χ3n) is 2.83. The lowest BCUT2D eigenvalue weighted by Crippen LogP contribution is -2.34. The molecule has 0 unspecified atom stereocenters. The molecule has 0 aliphatic carbocycles. The molecule has 0 fully saturated rings. The van der Waals surface area contributed by atoms with Crippen LogP contribution in [0.2, 0.25) is 0 Å². The molecular formula is C14H26N2OS. The van der Waals surface area contributed by atoms with Gasteiger partial charge in [0.2, 0.25) is 0 Å². The monoisotopic (exact) mass is 270 g/mol. The molecule has 0 bridgehead atoms. The van der Waals surface area contributed by atoms with Crippen molar-refractivity contribution in [1.82, 2.24) is 4.98 Å². The summed E-state index contributed by atoms with van der Waals surface area (Å²) in [6.07, 6.45) is 2.03. The van der Waals surface area contributed by atoms with Crippen molar-refractivity contribution in [3.63, 3.8) is 0 Å². The zero-order valence-electron chi connectivity index (χ0n) is 12.2. The van der Waals surface area contributed by atoms with Crippen molar-refractivity contribution in [1.29, 1.82) is 0 Å². The number of rotatable bonds is 7. The summed E-state index contributed by atoms with van der Waals surface area (Å²) in [5.41, 5.74) is 1.08. The minimum atomic E-state index is 0.112. The molecule has 4 heteroatoms. The van der Waals surface area contributed by atoms with Gasteiger partial charge in [-0.15, -0.1) is 0 Å². The number of thiazole rings is 1. The van der Waals surface area contributed by atoms with Gasteiger partial charge in [-0.3, -0.25) is 0 Å². The molecule has 3 nitrogen and oxygen atoms in total. The molecule has 0 amide bonds. The molecule has 0 atom stereocenters. The van der Waals surface area contributed by atoms with Crippen LogP contribution in [-0.4, -0.2) is 22.7 Å². The fraction of sp³-hybridized carbons (Fsp3) is 0.786. The number of hydrogen-bond acceptors (Lipinski definition) is 4. The van der Waals surface area contributed by atoms with Gasteiger partial charge in [-0.1, -0.05) is 38.5 Å². The minimum absolute atomic E-state index is 0.112. The molecule has 0 radical (unpaired) electrons. The van der Waals surface area contributed by atoms with Crippen LogP contribution in [0.3, 0.4) is 0 Å². The first kappa shape index (κ1) is 15.4. The molecule has 0 aliphatic rings. The van der Waals surface area contributed by atoms with Gasteiger partial charge >= 0.3 is 0 Å². The normalized spacial score (nSPS) is 11.6. The van der Waals surface area contributed by atoms with E-state index in [0.717, 1.165) is 35.1 Å². The van der Waals surface area contributed by atoms with E-state index in [-0.39, 0.29) is 6.61 Å². The lowest BCUT2D eigenvalue weighted by Gasteiger charge is -2.27. The molecular weight excluding hydrogens is 244 g/mol. The van der Waals surface area contributed by atoms with Crippen molar-refractivity contribution < 1.29 is 5.11 Å². The molecule has 0 aliphatic heterocycles. The fourth-order valence-electron chi connectivity index (χ4n) is 1.95. The SMILES string of the molecule is CCCc1nc(N(CC(C)C)C(C)C)sc1CO. The van der Waals surface area contributed by atoms with Crippen molar-refractivity contribution in [2.45, 2.75) is 60.1 Å². The second-order valence-electron chi connectivity index (χ2n) is 5.41. The van der Waals surface area contributed by atoms with Gasteiger partial charge in [-0.25, -0.2) is 4.98 Å². The highest BCUT2D eigenvalue weighted by Gasteiger charge is 2.18. The van der Waals surface area contributed by atoms with Crippen LogP contribution in [0.4, 0.5) is 5.13 Å². The van der Waals surface area contributed by atoms with E-state index in [0.29, 0.717) is 12.0 Å². The number of aliphatic hydroxyl groups is 1. The lowest BCUT2D eigenvalue weighted by molar-refractivity contribution is 0.284. The van der Waals surface area contributed by atoms with Gasteiger partial charge in [0.25, 0.3) is 0 Å². The van der Waals surface area contributed by atoms with E-state index >= 15 is 0 Å². The van der Waals surface area contributed by atoms with Gasteiger partial charge in [0.15, 0.2) is 5.13 Å². The van der Waals surface area contributed by atoms with Gasteiger partial charge in [0.05, 0.1) is 17.2 Å². The molecule has 104 valence electrons. The summed E-state index contributed by atoms with van der Waals surface area (Å²) in [5.74, 6) is 0.614. The Balaban J connectivity index is 2.97. The maximum absolute atomic E-state index is 9.41. The van der Waals surface area contributed by atoms with Crippen molar-refractivity contribution in [2.24, 2.45) is 5.92 Å². The summed E-state index contributed by atoms with van der Waals surface area (Å²) in [4.78, 5) is 8.10. The Morgan fingerprint density at radius 2 is 1.94 bits per heavy atom. The standard InChI is InChI=1S/C14H26N2OS/c1-6-7-12-13(9-17)18-14(15-12)16(11(4)5)8-10(2)3/h10-11,17H,6-9H2,1-5H3. The van der Waals surface area contributed by atoms with Crippen LogP contribution in [0.25, 0.3) is 0 Å². The van der Waals surface area contributed by atoms with Crippen LogP contribution in [-0.2, 0) is 13.0 Å². The van der Waals surface area contributed by atoms with Crippen LogP contribution < -0.4 is 4.90 Å². The van der Waals surface area contributed by atoms with Crippen LogP contribution >= 0.6 is 11.3 Å². The summed E-state index contributed by atoms with van der Waals surface area (Å²) in [5, 5.41) is 10.5. The highest BCUT2D eigenvalue weighted by molar-refractivity contribution is 7.15. The number of nitrogens with zero attached hydrogens (tertiary/aromatic N) is 2. The highest BCUT2D eigenvalue weighted by atomic mass is 32.1. The topological polar surface area (TPSA) is 36.4 Å². The average Bonchev–Trinajstić information content (AvgIpc) is 2.69. The highest BCUT2D eigenvalue weighted by Crippen LogP contribution is 2.29. The van der Waals surface area contributed by atoms with Gasteiger partial charge < -0.3 is 10.0 Å². The molecule has 1 aromatic heterocycles. The summed E-state index contributed by atoms with van der Waals surface area (Å²) >= 11 is 1.64. The van der Waals surface area contributed by atoms with Crippen LogP contribution in [0.1, 0.15) is 51.6 Å². The third kappa shape index (κ3) is 3.95. The van der Waals surface area contributed by atoms with Crippen molar-refractivity contribution in [2.75, 3.05) is 11.4 Å². The number of aliphatic hydroxyl groups excluding tert-OH is 1. The molecule has 0 spiro atoms. The van der Waals surface area contributed by atoms with Crippen molar-refractivity contribution in [3.8, 4) is 0 Å². The van der Waals surface area contributed by atoms with Crippen LogP contribution in [0, 0.1) is 5.92 Å². The van der Waals surface area contributed by atoms with Crippen LogP contribution in [0.15, 0.2) is 0 Å². The van der Waals surface area contributed by atoms with E-state index in [1.807, 2.05) is 0 Å². The largest absolute Gasteiger partial charge is 0.391 e. The third-order valence-corrected chi connectivity index (χ3v) is 3.95. The first-order chi connectivity index (χ1) is 8.49. The summed E-state index contributed by atoms with van der Waals surface area (Å²) in [7, 11) is 0. The zero-order chi connectivity index (χ0) is 13.7. The maximum Gasteiger partial charge on any atom is 0.186 e. The molecule has 18 heavy (non-hydrogen) atoms. The zero-order valence-corrected chi connectivity index (χ0v) is 13.0. The maximum atomic E-state index is 9.41. The molecule has 1 N–H and O–H groups in total. The average molecular weight is 270 g/mol. The minimum Gasteiger partial charge on any atom is -0.391 e. The first-order valence-electron chi connectivity index (χ1n) is 6.85. The van der Waals surface area contributed by atoms with Crippen molar-refractivity contribution in [3.05, 3.63) is 10.6 Å². The van der Waals surface area contributed by atoms with Gasteiger partial charge in [-0.05, 0) is 26.2 Å². The van der Waals surface area contributed by atoms with E-state index in [2.05, 4.69) is 39.5 Å². The smallest absolute Gasteiger partial charge is 0.186 e. The van der Waals surface area contributed by atoms with Gasteiger partial charge in [0, 0.05) is 12.6 Å². The Hall–Kier alpha value is -0.610. The van der Waals surface area contributed by atoms with Crippen LogP contribution in [0.5, 0.6) is 0 Å². The Kier molecular flexibility index (Phi) is 6.09. The second kappa shape index (κ2) is 7.10. The van der Waals surface area contributed by atoms with Crippen molar-refractivity contribution >= 4 is 16.5 Å². The molecule has 1 aromatic rings. The Morgan fingerprint density at radius 1 is 1.28 bits per heavy atom. The first-order valence-corrected chi connectivity index (χ1v) is 7.67. The second-order valence-corrected chi connectivity index (χ2v) is 6.48.